The van der Waals surface area contributed by atoms with Crippen molar-refractivity contribution in [1.82, 2.24) is 20.4 Å². The Kier molecular flexibility index (Phi) is 6.52. The maximum Gasteiger partial charge on any atom is 0.251 e. The molecule has 4 rings (SSSR count). The number of nitrogens with one attached hydrogen (secondary N) is 2. The summed E-state index contributed by atoms with van der Waals surface area (Å²) in [5, 5.41) is 19.8. The zero-order valence-electron chi connectivity index (χ0n) is 17.6. The molecule has 0 unspecified atom stereocenters. The number of allylic oxidation sites excluding steroid dienone is 3. The number of rotatable bonds is 6. The van der Waals surface area contributed by atoms with Crippen molar-refractivity contribution >= 4 is 33.2 Å². The number of nitrogens with zero attached hydrogens (tertiary/aromatic N) is 3. The van der Waals surface area contributed by atoms with Crippen LogP contribution < -0.4 is 10.6 Å². The third-order valence-electron chi connectivity index (χ3n) is 5.28. The highest BCUT2D eigenvalue weighted by molar-refractivity contribution is 9.10. The molecule has 2 N–H and O–H groups in total. The highest BCUT2D eigenvalue weighted by atomic mass is 79.9. The molecule has 0 aliphatic carbocycles. The molecule has 2 heterocycles. The molecule has 7 heteroatoms. The van der Waals surface area contributed by atoms with Gasteiger partial charge in [-0.3, -0.25) is 4.79 Å². The standard InChI is InChI=1S/C25H22BrN5O/c1-17-5-2-3-8-21(17)19-9-10-23-22(26)16-30-31(23)24(14-19)28-11-12-29-25(32)20-7-4-6-18(13-20)15-27/h2-9,13-14,16,28H,10-12H2,1H3,(H,29,32). The van der Waals surface area contributed by atoms with E-state index in [-0.39, 0.29) is 5.91 Å². The molecule has 160 valence electrons. The fourth-order valence-electron chi connectivity index (χ4n) is 3.63. The fraction of sp³-hybridized carbons (Fsp3) is 0.160. The van der Waals surface area contributed by atoms with E-state index in [9.17, 15) is 4.79 Å². The summed E-state index contributed by atoms with van der Waals surface area (Å²) in [5.41, 5.74) is 5.51. The van der Waals surface area contributed by atoms with Gasteiger partial charge in [0, 0.05) is 25.1 Å². The molecule has 0 fully saturated rings. The van der Waals surface area contributed by atoms with Gasteiger partial charge in [-0.2, -0.15) is 10.4 Å². The van der Waals surface area contributed by atoms with Gasteiger partial charge in [0.15, 0.2) is 0 Å². The van der Waals surface area contributed by atoms with E-state index < -0.39 is 0 Å². The van der Waals surface area contributed by atoms with Crippen molar-refractivity contribution in [3.63, 3.8) is 0 Å². The number of hydrogen-bond acceptors (Lipinski definition) is 4. The Morgan fingerprint density at radius 2 is 2.06 bits per heavy atom. The zero-order valence-corrected chi connectivity index (χ0v) is 19.2. The van der Waals surface area contributed by atoms with E-state index in [1.807, 2.05) is 16.8 Å². The quantitative estimate of drug-likeness (QED) is 0.508. The van der Waals surface area contributed by atoms with Crippen molar-refractivity contribution in [3.8, 4) is 6.07 Å². The van der Waals surface area contributed by atoms with Crippen LogP contribution in [0.5, 0.6) is 0 Å². The van der Waals surface area contributed by atoms with Crippen molar-refractivity contribution in [3.05, 3.63) is 99.3 Å². The van der Waals surface area contributed by atoms with Crippen molar-refractivity contribution in [2.75, 3.05) is 13.1 Å². The molecular formula is C25H22BrN5O. The lowest BCUT2D eigenvalue weighted by atomic mass is 9.99. The van der Waals surface area contributed by atoms with E-state index in [0.717, 1.165) is 28.0 Å². The molecule has 1 aliphatic rings. The van der Waals surface area contributed by atoms with E-state index >= 15 is 0 Å². The van der Waals surface area contributed by atoms with Crippen LogP contribution in [0.3, 0.4) is 0 Å². The smallest absolute Gasteiger partial charge is 0.251 e. The molecule has 32 heavy (non-hydrogen) atoms. The lowest BCUT2D eigenvalue weighted by Crippen LogP contribution is -2.32. The van der Waals surface area contributed by atoms with Crippen LogP contribution in [-0.4, -0.2) is 28.8 Å². The molecule has 6 nitrogen and oxygen atoms in total. The molecule has 1 aliphatic heterocycles. The monoisotopic (exact) mass is 487 g/mol. The average molecular weight is 488 g/mol. The van der Waals surface area contributed by atoms with E-state index in [4.69, 9.17) is 5.26 Å². The van der Waals surface area contributed by atoms with Gasteiger partial charge in [0.05, 0.1) is 28.0 Å². The predicted molar refractivity (Wildman–Crippen MR) is 129 cm³/mol. The van der Waals surface area contributed by atoms with Gasteiger partial charge in [0.1, 0.15) is 5.82 Å². The first-order chi connectivity index (χ1) is 15.6. The Morgan fingerprint density at radius 1 is 1.22 bits per heavy atom. The summed E-state index contributed by atoms with van der Waals surface area (Å²) in [5.74, 6) is 0.639. The Hall–Kier alpha value is -3.63. The summed E-state index contributed by atoms with van der Waals surface area (Å²) in [6, 6.07) is 17.0. The number of aromatic nitrogens is 2. The number of carbonyl (C=O) groups is 1. The lowest BCUT2D eigenvalue weighted by molar-refractivity contribution is 0.0954. The highest BCUT2D eigenvalue weighted by Gasteiger charge is 2.17. The number of hydrogen-bond donors (Lipinski definition) is 2. The minimum absolute atomic E-state index is 0.207. The molecule has 0 bridgehead atoms. The summed E-state index contributed by atoms with van der Waals surface area (Å²) in [7, 11) is 0. The first-order valence-electron chi connectivity index (χ1n) is 10.3. The van der Waals surface area contributed by atoms with Crippen molar-refractivity contribution in [2.24, 2.45) is 0 Å². The number of aryl methyl sites for hydroxylation is 1. The molecule has 1 amide bonds. The molecule has 1 aromatic heterocycles. The van der Waals surface area contributed by atoms with E-state index in [0.29, 0.717) is 24.2 Å². The van der Waals surface area contributed by atoms with E-state index in [2.05, 4.69) is 68.9 Å². The van der Waals surface area contributed by atoms with Crippen LogP contribution in [0.15, 0.2) is 71.4 Å². The number of halogens is 1. The second-order valence-electron chi connectivity index (χ2n) is 7.43. The summed E-state index contributed by atoms with van der Waals surface area (Å²) >= 11 is 3.60. The summed E-state index contributed by atoms with van der Waals surface area (Å²) in [6.45, 7) is 3.05. The van der Waals surface area contributed by atoms with Crippen LogP contribution in [0.1, 0.15) is 32.7 Å². The number of fused-ring (bicyclic) bond motifs is 1. The first kappa shape index (κ1) is 21.6. The van der Waals surface area contributed by atoms with Gasteiger partial charge in [0.2, 0.25) is 0 Å². The number of benzene rings is 2. The van der Waals surface area contributed by atoms with Crippen molar-refractivity contribution in [2.45, 2.75) is 13.3 Å². The minimum Gasteiger partial charge on any atom is -0.368 e. The SMILES string of the molecule is Cc1ccccc1C1=CCc2c(Br)cnn2C(NCCNC(=O)c2cccc(C#N)c2)=C1. The fourth-order valence-corrected chi connectivity index (χ4v) is 4.05. The number of carbonyl (C=O) groups excluding carboxylic acids is 1. The Labute approximate surface area is 195 Å². The molecule has 0 atom stereocenters. The van der Waals surface area contributed by atoms with Gasteiger partial charge < -0.3 is 10.6 Å². The Morgan fingerprint density at radius 3 is 2.88 bits per heavy atom. The van der Waals surface area contributed by atoms with E-state index in [1.54, 1.807) is 30.5 Å². The summed E-state index contributed by atoms with van der Waals surface area (Å²) in [6.07, 6.45) is 6.84. The van der Waals surface area contributed by atoms with Gasteiger partial charge in [-0.25, -0.2) is 4.68 Å². The number of amides is 1. The van der Waals surface area contributed by atoms with Crippen molar-refractivity contribution < 1.29 is 4.79 Å². The van der Waals surface area contributed by atoms with Gasteiger partial charge >= 0.3 is 0 Å². The second-order valence-corrected chi connectivity index (χ2v) is 8.29. The van der Waals surface area contributed by atoms with E-state index in [1.165, 1.54) is 11.1 Å². The van der Waals surface area contributed by atoms with Crippen molar-refractivity contribution in [1.29, 1.82) is 5.26 Å². The third-order valence-corrected chi connectivity index (χ3v) is 5.94. The largest absolute Gasteiger partial charge is 0.368 e. The van der Waals surface area contributed by atoms with Crippen LogP contribution in [-0.2, 0) is 6.42 Å². The van der Waals surface area contributed by atoms with Gasteiger partial charge in [-0.1, -0.05) is 36.4 Å². The molecule has 0 saturated carbocycles. The van der Waals surface area contributed by atoms with Crippen LogP contribution in [0.4, 0.5) is 0 Å². The van der Waals surface area contributed by atoms with Gasteiger partial charge in [-0.05, 0) is 63.8 Å². The molecule has 0 radical (unpaired) electrons. The molecule has 2 aromatic carbocycles. The normalized spacial score (nSPS) is 12.7. The summed E-state index contributed by atoms with van der Waals surface area (Å²) < 4.78 is 2.85. The molecule has 3 aromatic rings. The molecular weight excluding hydrogens is 466 g/mol. The minimum atomic E-state index is -0.207. The third kappa shape index (κ3) is 4.66. The maximum atomic E-state index is 12.4. The van der Waals surface area contributed by atoms with Gasteiger partial charge in [-0.15, -0.1) is 0 Å². The average Bonchev–Trinajstić information content (AvgIpc) is 3.08. The van der Waals surface area contributed by atoms with Crippen LogP contribution in [0.25, 0.3) is 11.4 Å². The lowest BCUT2D eigenvalue weighted by Gasteiger charge is -2.14. The topological polar surface area (TPSA) is 82.7 Å². The Bertz CT molecular complexity index is 1270. The summed E-state index contributed by atoms with van der Waals surface area (Å²) in [4.78, 5) is 12.4. The number of nitriles is 1. The zero-order chi connectivity index (χ0) is 22.5. The van der Waals surface area contributed by atoms with Gasteiger partial charge in [0.25, 0.3) is 5.91 Å². The maximum absolute atomic E-state index is 12.4. The van der Waals surface area contributed by atoms with Crippen LogP contribution in [0.2, 0.25) is 0 Å². The second kappa shape index (κ2) is 9.67. The Balaban J connectivity index is 1.48. The predicted octanol–water partition coefficient (Wildman–Crippen LogP) is 4.28. The van der Waals surface area contributed by atoms with Crippen LogP contribution >= 0.6 is 15.9 Å². The first-order valence-corrected chi connectivity index (χ1v) is 11.1. The van der Waals surface area contributed by atoms with Crippen LogP contribution in [0, 0.1) is 18.3 Å². The highest BCUT2D eigenvalue weighted by Crippen LogP contribution is 2.28. The molecule has 0 saturated heterocycles. The molecule has 0 spiro atoms.